The molecule has 1 N–H and O–H groups in total. The molecule has 0 saturated carbocycles. The van der Waals surface area contributed by atoms with Gasteiger partial charge in [0, 0.05) is 6.61 Å². The predicted octanol–water partition coefficient (Wildman–Crippen LogP) is 4.88. The Hall–Kier alpha value is -1.87. The molecular weight excluding hydrogens is 428 g/mol. The van der Waals surface area contributed by atoms with Crippen molar-refractivity contribution in [3.63, 3.8) is 0 Å². The Balaban J connectivity index is 1.46. The van der Waals surface area contributed by atoms with Gasteiger partial charge < -0.3 is 10.1 Å². The molecule has 1 fully saturated rings. The molecule has 0 spiro atoms. The fraction of sp³-hybridized carbons (Fsp3) is 0.350. The van der Waals surface area contributed by atoms with Gasteiger partial charge in [-0.05, 0) is 48.9 Å². The van der Waals surface area contributed by atoms with Crippen LogP contribution < -0.4 is 5.32 Å². The van der Waals surface area contributed by atoms with Crippen LogP contribution in [0.1, 0.15) is 18.4 Å². The maximum absolute atomic E-state index is 12.4. The smallest absolute Gasteiger partial charge is 0.234 e. The van der Waals surface area contributed by atoms with E-state index in [0.717, 1.165) is 35.7 Å². The highest BCUT2D eigenvalue weighted by Crippen LogP contribution is 2.29. The molecule has 1 unspecified atom stereocenters. The molecule has 9 heteroatoms. The van der Waals surface area contributed by atoms with Crippen molar-refractivity contribution in [2.45, 2.75) is 37.6 Å². The Morgan fingerprint density at radius 2 is 2.31 bits per heavy atom. The van der Waals surface area contributed by atoms with Crippen molar-refractivity contribution in [1.82, 2.24) is 14.8 Å². The summed E-state index contributed by atoms with van der Waals surface area (Å²) >= 11 is 9.20. The maximum atomic E-state index is 12.4. The molecule has 1 atom stereocenters. The standard InChI is InChI=1S/C20H21ClN4O2S2/c1-13-6-7-16(15(21)10-13)22-18(26)12-29-20-24-23-19(17-5-3-9-28-17)25(20)11-14-4-2-8-27-14/h3,5-7,9-10,14H,2,4,8,11-12H2,1H3,(H,22,26). The van der Waals surface area contributed by atoms with Crippen LogP contribution in [0.25, 0.3) is 10.7 Å². The molecule has 1 aromatic carbocycles. The molecule has 1 aliphatic rings. The van der Waals surface area contributed by atoms with Crippen molar-refractivity contribution in [3.05, 3.63) is 46.3 Å². The first-order chi connectivity index (χ1) is 14.1. The Morgan fingerprint density at radius 3 is 3.03 bits per heavy atom. The average molecular weight is 449 g/mol. The minimum atomic E-state index is -0.134. The normalized spacial score (nSPS) is 16.3. The van der Waals surface area contributed by atoms with Gasteiger partial charge in [0.25, 0.3) is 0 Å². The summed E-state index contributed by atoms with van der Waals surface area (Å²) in [5.74, 6) is 0.906. The van der Waals surface area contributed by atoms with Crippen molar-refractivity contribution in [2.24, 2.45) is 0 Å². The number of anilines is 1. The number of carbonyl (C=O) groups is 1. The third-order valence-electron chi connectivity index (χ3n) is 4.60. The van der Waals surface area contributed by atoms with Crippen LogP contribution >= 0.6 is 34.7 Å². The third kappa shape index (κ3) is 5.01. The molecule has 4 rings (SSSR count). The summed E-state index contributed by atoms with van der Waals surface area (Å²) in [6.07, 6.45) is 2.26. The predicted molar refractivity (Wildman–Crippen MR) is 118 cm³/mol. The molecule has 0 bridgehead atoms. The SMILES string of the molecule is Cc1ccc(NC(=O)CSc2nnc(-c3cccs3)n2CC2CCCO2)c(Cl)c1. The van der Waals surface area contributed by atoms with Gasteiger partial charge in [-0.3, -0.25) is 9.36 Å². The number of halogens is 1. The Kier molecular flexibility index (Phi) is 6.54. The zero-order valence-electron chi connectivity index (χ0n) is 15.9. The molecular formula is C20H21ClN4O2S2. The van der Waals surface area contributed by atoms with Gasteiger partial charge in [-0.15, -0.1) is 21.5 Å². The summed E-state index contributed by atoms with van der Waals surface area (Å²) < 4.78 is 7.87. The van der Waals surface area contributed by atoms with Crippen molar-refractivity contribution >= 4 is 46.3 Å². The van der Waals surface area contributed by atoms with Crippen molar-refractivity contribution in [2.75, 3.05) is 17.7 Å². The first kappa shape index (κ1) is 20.4. The Bertz CT molecular complexity index is 985. The summed E-state index contributed by atoms with van der Waals surface area (Å²) in [6, 6.07) is 9.59. The van der Waals surface area contributed by atoms with Gasteiger partial charge in [-0.1, -0.05) is 35.5 Å². The number of thioether (sulfide) groups is 1. The van der Waals surface area contributed by atoms with Crippen molar-refractivity contribution in [1.29, 1.82) is 0 Å². The summed E-state index contributed by atoms with van der Waals surface area (Å²) in [5.41, 5.74) is 1.66. The lowest BCUT2D eigenvalue weighted by Gasteiger charge is -2.14. The minimum Gasteiger partial charge on any atom is -0.376 e. The number of benzene rings is 1. The van der Waals surface area contributed by atoms with E-state index in [2.05, 4.69) is 20.1 Å². The van der Waals surface area contributed by atoms with Crippen LogP contribution in [0, 0.1) is 6.92 Å². The number of nitrogens with one attached hydrogen (secondary N) is 1. The van der Waals surface area contributed by atoms with E-state index in [4.69, 9.17) is 16.3 Å². The fourth-order valence-corrected chi connectivity index (χ4v) is 4.93. The van der Waals surface area contributed by atoms with Gasteiger partial charge in [0.2, 0.25) is 5.91 Å². The van der Waals surface area contributed by atoms with E-state index in [9.17, 15) is 4.79 Å². The Labute approximate surface area is 182 Å². The van der Waals surface area contributed by atoms with E-state index in [-0.39, 0.29) is 17.8 Å². The number of rotatable bonds is 7. The zero-order valence-corrected chi connectivity index (χ0v) is 18.3. The topological polar surface area (TPSA) is 69.0 Å². The highest BCUT2D eigenvalue weighted by atomic mass is 35.5. The summed E-state index contributed by atoms with van der Waals surface area (Å²) in [7, 11) is 0. The lowest BCUT2D eigenvalue weighted by molar-refractivity contribution is -0.113. The van der Waals surface area contributed by atoms with Crippen LogP contribution in [0.15, 0.2) is 40.9 Å². The van der Waals surface area contributed by atoms with Gasteiger partial charge in [-0.25, -0.2) is 0 Å². The molecule has 3 heterocycles. The van der Waals surface area contributed by atoms with Crippen LogP contribution in [-0.2, 0) is 16.1 Å². The average Bonchev–Trinajstić information content (AvgIpc) is 3.45. The van der Waals surface area contributed by atoms with Crippen LogP contribution in [0.2, 0.25) is 5.02 Å². The molecule has 1 saturated heterocycles. The summed E-state index contributed by atoms with van der Waals surface area (Å²) in [5, 5.41) is 14.9. The van der Waals surface area contributed by atoms with Crippen LogP contribution in [0.5, 0.6) is 0 Å². The summed E-state index contributed by atoms with van der Waals surface area (Å²) in [6.45, 7) is 3.44. The first-order valence-electron chi connectivity index (χ1n) is 9.37. The number of ether oxygens (including phenoxy) is 1. The quantitative estimate of drug-likeness (QED) is 0.522. The Morgan fingerprint density at radius 1 is 1.41 bits per heavy atom. The molecule has 1 amide bonds. The molecule has 6 nitrogen and oxygen atoms in total. The van der Waals surface area contributed by atoms with Crippen LogP contribution in [-0.4, -0.2) is 39.1 Å². The molecule has 2 aromatic heterocycles. The molecule has 0 aliphatic carbocycles. The first-order valence-corrected chi connectivity index (χ1v) is 11.6. The van der Waals surface area contributed by atoms with Crippen molar-refractivity contribution < 1.29 is 9.53 Å². The van der Waals surface area contributed by atoms with E-state index in [1.54, 1.807) is 11.3 Å². The van der Waals surface area contributed by atoms with Crippen LogP contribution in [0.4, 0.5) is 5.69 Å². The number of aryl methyl sites for hydroxylation is 1. The monoisotopic (exact) mass is 448 g/mol. The molecule has 29 heavy (non-hydrogen) atoms. The summed E-state index contributed by atoms with van der Waals surface area (Å²) in [4.78, 5) is 13.5. The number of hydrogen-bond donors (Lipinski definition) is 1. The van der Waals surface area contributed by atoms with E-state index >= 15 is 0 Å². The zero-order chi connectivity index (χ0) is 20.2. The number of hydrogen-bond acceptors (Lipinski definition) is 6. The molecule has 0 radical (unpaired) electrons. The second-order valence-corrected chi connectivity index (χ2v) is 9.15. The fourth-order valence-electron chi connectivity index (χ4n) is 3.18. The van der Waals surface area contributed by atoms with E-state index in [1.807, 2.05) is 42.6 Å². The number of thiophene rings is 1. The lowest BCUT2D eigenvalue weighted by Crippen LogP contribution is -2.18. The van der Waals surface area contributed by atoms with Crippen molar-refractivity contribution in [3.8, 4) is 10.7 Å². The number of nitrogens with zero attached hydrogens (tertiary/aromatic N) is 3. The lowest BCUT2D eigenvalue weighted by atomic mass is 10.2. The molecule has 3 aromatic rings. The third-order valence-corrected chi connectivity index (χ3v) is 6.74. The second-order valence-electron chi connectivity index (χ2n) is 6.85. The van der Waals surface area contributed by atoms with E-state index in [1.165, 1.54) is 11.8 Å². The van der Waals surface area contributed by atoms with Gasteiger partial charge in [0.1, 0.15) is 0 Å². The van der Waals surface area contributed by atoms with E-state index in [0.29, 0.717) is 22.4 Å². The van der Waals surface area contributed by atoms with Gasteiger partial charge in [0.05, 0.1) is 34.0 Å². The van der Waals surface area contributed by atoms with Gasteiger partial charge in [0.15, 0.2) is 11.0 Å². The minimum absolute atomic E-state index is 0.134. The number of carbonyl (C=O) groups excluding carboxylic acids is 1. The highest BCUT2D eigenvalue weighted by molar-refractivity contribution is 7.99. The largest absolute Gasteiger partial charge is 0.376 e. The highest BCUT2D eigenvalue weighted by Gasteiger charge is 2.22. The number of amides is 1. The second kappa shape index (κ2) is 9.30. The number of aromatic nitrogens is 3. The van der Waals surface area contributed by atoms with Gasteiger partial charge in [-0.2, -0.15) is 0 Å². The molecule has 1 aliphatic heterocycles. The van der Waals surface area contributed by atoms with E-state index < -0.39 is 0 Å². The molecule has 152 valence electrons. The van der Waals surface area contributed by atoms with Gasteiger partial charge >= 0.3 is 0 Å². The van der Waals surface area contributed by atoms with Crippen LogP contribution in [0.3, 0.4) is 0 Å². The maximum Gasteiger partial charge on any atom is 0.234 e.